The quantitative estimate of drug-likeness (QED) is 0.659. The van der Waals surface area contributed by atoms with Crippen LogP contribution < -0.4 is 10.6 Å². The van der Waals surface area contributed by atoms with Gasteiger partial charge in [-0.15, -0.1) is 11.3 Å². The molecule has 0 spiro atoms. The third-order valence-corrected chi connectivity index (χ3v) is 5.55. The summed E-state index contributed by atoms with van der Waals surface area (Å²) in [4.78, 5) is 30.8. The van der Waals surface area contributed by atoms with E-state index in [9.17, 15) is 9.59 Å². The van der Waals surface area contributed by atoms with Crippen molar-refractivity contribution < 1.29 is 14.0 Å². The number of aromatic nitrogens is 1. The van der Waals surface area contributed by atoms with Crippen molar-refractivity contribution in [2.75, 3.05) is 25.0 Å². The third-order valence-electron chi connectivity index (χ3n) is 4.74. The molecule has 2 unspecified atom stereocenters. The van der Waals surface area contributed by atoms with Gasteiger partial charge in [0.05, 0.1) is 12.0 Å². The van der Waals surface area contributed by atoms with Crippen LogP contribution in [0, 0.1) is 11.8 Å². The number of nitrogens with one attached hydrogen (secondary N) is 2. The van der Waals surface area contributed by atoms with Gasteiger partial charge in [-0.25, -0.2) is 4.98 Å². The smallest absolute Gasteiger partial charge is 0.286 e. The van der Waals surface area contributed by atoms with Gasteiger partial charge in [-0.2, -0.15) is 0 Å². The van der Waals surface area contributed by atoms with Gasteiger partial charge in [-0.05, 0) is 36.8 Å². The summed E-state index contributed by atoms with van der Waals surface area (Å²) in [6.45, 7) is 8.06. The summed E-state index contributed by atoms with van der Waals surface area (Å²) in [6, 6.07) is 3.27. The fourth-order valence-corrected chi connectivity index (χ4v) is 4.43. The molecule has 1 aliphatic rings. The number of hydrogen-bond acceptors (Lipinski definition) is 6. The lowest BCUT2D eigenvalue weighted by atomic mass is 9.92. The highest BCUT2D eigenvalue weighted by atomic mass is 32.1. The average Bonchev–Trinajstić information content (AvgIpc) is 3.30. The monoisotopic (exact) mass is 404 g/mol. The van der Waals surface area contributed by atoms with E-state index < -0.39 is 0 Å². The molecule has 0 radical (unpaired) electrons. The van der Waals surface area contributed by atoms with E-state index in [2.05, 4.69) is 34.4 Å². The van der Waals surface area contributed by atoms with Gasteiger partial charge in [-0.3, -0.25) is 14.5 Å². The summed E-state index contributed by atoms with van der Waals surface area (Å²) >= 11 is 1.46. The van der Waals surface area contributed by atoms with Gasteiger partial charge >= 0.3 is 0 Å². The Labute approximate surface area is 169 Å². The molecule has 0 saturated carbocycles. The van der Waals surface area contributed by atoms with E-state index in [0.29, 0.717) is 24.5 Å². The molecule has 1 saturated heterocycles. The number of nitrogens with zero attached hydrogens (tertiary/aromatic N) is 2. The van der Waals surface area contributed by atoms with E-state index in [1.54, 1.807) is 12.1 Å². The first-order valence-corrected chi connectivity index (χ1v) is 10.7. The van der Waals surface area contributed by atoms with Crippen LogP contribution in [0.15, 0.2) is 28.2 Å². The minimum Gasteiger partial charge on any atom is -0.459 e. The van der Waals surface area contributed by atoms with Gasteiger partial charge in [0.25, 0.3) is 5.91 Å². The first kappa shape index (κ1) is 20.5. The van der Waals surface area contributed by atoms with Crippen molar-refractivity contribution in [3.63, 3.8) is 0 Å². The Bertz CT molecular complexity index is 764. The van der Waals surface area contributed by atoms with E-state index in [1.807, 2.05) is 5.38 Å². The molecule has 7 nitrogen and oxygen atoms in total. The maximum atomic E-state index is 12.1. The summed E-state index contributed by atoms with van der Waals surface area (Å²) < 4.78 is 5.02. The number of anilines is 1. The molecule has 0 aliphatic carbocycles. The Kier molecular flexibility index (Phi) is 7.22. The van der Waals surface area contributed by atoms with Crippen LogP contribution in [0.4, 0.5) is 5.13 Å². The minimum absolute atomic E-state index is 0.0895. The number of thiazole rings is 1. The summed E-state index contributed by atoms with van der Waals surface area (Å²) in [5.74, 6) is 1.35. The van der Waals surface area contributed by atoms with Crippen molar-refractivity contribution in [2.45, 2.75) is 39.7 Å². The van der Waals surface area contributed by atoms with Crippen LogP contribution in [0.5, 0.6) is 0 Å². The van der Waals surface area contributed by atoms with Crippen molar-refractivity contribution in [1.82, 2.24) is 15.2 Å². The highest BCUT2D eigenvalue weighted by molar-refractivity contribution is 7.13. The van der Waals surface area contributed by atoms with Crippen molar-refractivity contribution in [2.24, 2.45) is 11.8 Å². The number of piperidine rings is 1. The second kappa shape index (κ2) is 9.84. The van der Waals surface area contributed by atoms with Crippen molar-refractivity contribution in [3.05, 3.63) is 35.2 Å². The molecule has 2 atom stereocenters. The molecule has 152 valence electrons. The van der Waals surface area contributed by atoms with E-state index in [0.717, 1.165) is 37.2 Å². The molecule has 0 bridgehead atoms. The predicted octanol–water partition coefficient (Wildman–Crippen LogP) is 3.36. The average molecular weight is 405 g/mol. The molecule has 2 aromatic heterocycles. The van der Waals surface area contributed by atoms with Gasteiger partial charge < -0.3 is 15.1 Å². The number of hydrogen-bond donors (Lipinski definition) is 2. The number of rotatable bonds is 8. The zero-order chi connectivity index (χ0) is 19.9. The largest absolute Gasteiger partial charge is 0.459 e. The zero-order valence-corrected chi connectivity index (χ0v) is 17.3. The lowest BCUT2D eigenvalue weighted by Crippen LogP contribution is -2.38. The number of carbonyl (C=O) groups is 2. The fourth-order valence-electron chi connectivity index (χ4n) is 3.71. The van der Waals surface area contributed by atoms with Gasteiger partial charge in [0.2, 0.25) is 5.91 Å². The molecular formula is C20H28N4O3S. The van der Waals surface area contributed by atoms with Crippen LogP contribution >= 0.6 is 11.3 Å². The van der Waals surface area contributed by atoms with Gasteiger partial charge in [0.1, 0.15) is 0 Å². The van der Waals surface area contributed by atoms with Crippen LogP contribution in [-0.4, -0.2) is 41.3 Å². The second-order valence-corrected chi connectivity index (χ2v) is 8.53. The summed E-state index contributed by atoms with van der Waals surface area (Å²) in [5, 5.41) is 8.24. The molecular weight excluding hydrogens is 376 g/mol. The number of likely N-dealkylation sites (tertiary alicyclic amines) is 1. The first-order valence-electron chi connectivity index (χ1n) is 9.78. The van der Waals surface area contributed by atoms with Crippen LogP contribution in [0.3, 0.4) is 0 Å². The van der Waals surface area contributed by atoms with Crippen molar-refractivity contribution >= 4 is 28.3 Å². The minimum atomic E-state index is -0.267. The highest BCUT2D eigenvalue weighted by Gasteiger charge is 2.22. The van der Waals surface area contributed by atoms with Crippen LogP contribution in [0.2, 0.25) is 0 Å². The Morgan fingerprint density at radius 1 is 1.32 bits per heavy atom. The SMILES string of the molecule is CC1CC(C)CN(Cc2csc(NC(=O)CCCNC(=O)c3ccco3)n2)C1. The molecule has 2 N–H and O–H groups in total. The molecule has 28 heavy (non-hydrogen) atoms. The molecule has 1 fully saturated rings. The maximum Gasteiger partial charge on any atom is 0.286 e. The molecule has 2 amide bonds. The number of amides is 2. The van der Waals surface area contributed by atoms with Crippen LogP contribution in [-0.2, 0) is 11.3 Å². The zero-order valence-electron chi connectivity index (χ0n) is 16.4. The second-order valence-electron chi connectivity index (χ2n) is 7.67. The molecule has 0 aromatic carbocycles. The van der Waals surface area contributed by atoms with E-state index in [-0.39, 0.29) is 17.6 Å². The first-order chi connectivity index (χ1) is 13.5. The molecule has 3 rings (SSSR count). The van der Waals surface area contributed by atoms with E-state index in [4.69, 9.17) is 4.42 Å². The summed E-state index contributed by atoms with van der Waals surface area (Å²) in [5.41, 5.74) is 1.01. The number of carbonyl (C=O) groups excluding carboxylic acids is 2. The molecule has 1 aliphatic heterocycles. The standard InChI is InChI=1S/C20H28N4O3S/c1-14-9-15(2)11-24(10-14)12-16-13-28-20(22-16)23-18(25)6-3-7-21-19(26)17-5-4-8-27-17/h4-5,8,13-15H,3,6-7,9-12H2,1-2H3,(H,21,26)(H,22,23,25). The van der Waals surface area contributed by atoms with Crippen molar-refractivity contribution in [3.8, 4) is 0 Å². The Hall–Kier alpha value is -2.19. The highest BCUT2D eigenvalue weighted by Crippen LogP contribution is 2.24. The maximum absolute atomic E-state index is 12.1. The van der Waals surface area contributed by atoms with Gasteiger partial charge in [0.15, 0.2) is 10.9 Å². The Balaban J connectivity index is 1.36. The van der Waals surface area contributed by atoms with E-state index >= 15 is 0 Å². The van der Waals surface area contributed by atoms with Crippen LogP contribution in [0.1, 0.15) is 49.4 Å². The van der Waals surface area contributed by atoms with Gasteiger partial charge in [-0.1, -0.05) is 13.8 Å². The van der Waals surface area contributed by atoms with E-state index in [1.165, 1.54) is 24.0 Å². The summed E-state index contributed by atoms with van der Waals surface area (Å²) in [6.07, 6.45) is 3.63. The lowest BCUT2D eigenvalue weighted by Gasteiger charge is -2.34. The van der Waals surface area contributed by atoms with Gasteiger partial charge in [0, 0.05) is 38.0 Å². The molecule has 8 heteroatoms. The third kappa shape index (κ3) is 6.17. The predicted molar refractivity (Wildman–Crippen MR) is 109 cm³/mol. The topological polar surface area (TPSA) is 87.5 Å². The van der Waals surface area contributed by atoms with Crippen LogP contribution in [0.25, 0.3) is 0 Å². The Morgan fingerprint density at radius 3 is 2.82 bits per heavy atom. The van der Waals surface area contributed by atoms with Crippen molar-refractivity contribution in [1.29, 1.82) is 0 Å². The Morgan fingerprint density at radius 2 is 2.11 bits per heavy atom. The molecule has 3 heterocycles. The summed E-state index contributed by atoms with van der Waals surface area (Å²) in [7, 11) is 0. The normalized spacial score (nSPS) is 20.1. The fraction of sp³-hybridized carbons (Fsp3) is 0.550. The molecule has 2 aromatic rings. The number of furan rings is 1. The lowest BCUT2D eigenvalue weighted by molar-refractivity contribution is -0.116.